The molecule has 0 saturated carbocycles. The smallest absolute Gasteiger partial charge is 0.348 e. The molecule has 0 amide bonds. The van der Waals surface area contributed by atoms with Gasteiger partial charge in [-0.05, 0) is 32.0 Å². The highest BCUT2D eigenvalue weighted by Crippen LogP contribution is 2.28. The molecule has 0 spiro atoms. The zero-order chi connectivity index (χ0) is 18.8. The molecule has 0 saturated heterocycles. The van der Waals surface area contributed by atoms with Crippen molar-refractivity contribution in [1.82, 2.24) is 14.9 Å². The summed E-state index contributed by atoms with van der Waals surface area (Å²) in [6.45, 7) is 4.34. The van der Waals surface area contributed by atoms with Crippen molar-refractivity contribution < 1.29 is 9.53 Å². The van der Waals surface area contributed by atoms with E-state index in [1.807, 2.05) is 25.2 Å². The number of hydrogen-bond acceptors (Lipinski definition) is 6. The van der Waals surface area contributed by atoms with E-state index in [2.05, 4.69) is 33.9 Å². The first-order valence-electron chi connectivity index (χ1n) is 8.28. The second kappa shape index (κ2) is 7.39. The Balaban J connectivity index is 1.91. The predicted molar refractivity (Wildman–Crippen MR) is 103 cm³/mol. The van der Waals surface area contributed by atoms with Gasteiger partial charge in [-0.2, -0.15) is 0 Å². The van der Waals surface area contributed by atoms with E-state index >= 15 is 0 Å². The fourth-order valence-electron chi connectivity index (χ4n) is 2.91. The van der Waals surface area contributed by atoms with Crippen molar-refractivity contribution >= 4 is 27.5 Å². The minimum absolute atomic E-state index is 0.174. The molecule has 26 heavy (non-hydrogen) atoms. The minimum Gasteiger partial charge on any atom is -0.465 e. The van der Waals surface area contributed by atoms with E-state index < -0.39 is 5.97 Å². The van der Waals surface area contributed by atoms with Crippen LogP contribution in [0.4, 0.5) is 0 Å². The molecule has 0 radical (unpaired) electrons. The van der Waals surface area contributed by atoms with Crippen LogP contribution in [0.5, 0.6) is 0 Å². The topological polar surface area (TPSA) is 75.3 Å². The van der Waals surface area contributed by atoms with Gasteiger partial charge in [-0.1, -0.05) is 30.3 Å². The summed E-state index contributed by atoms with van der Waals surface area (Å²) in [6.07, 6.45) is 0. The molecule has 0 bridgehead atoms. The first-order valence-corrected chi connectivity index (χ1v) is 9.09. The van der Waals surface area contributed by atoms with Crippen molar-refractivity contribution in [1.29, 1.82) is 0 Å². The number of H-pyrrole nitrogens is 1. The Morgan fingerprint density at radius 3 is 2.69 bits per heavy atom. The summed E-state index contributed by atoms with van der Waals surface area (Å²) in [7, 11) is 3.32. The van der Waals surface area contributed by atoms with Crippen molar-refractivity contribution in [2.45, 2.75) is 26.4 Å². The van der Waals surface area contributed by atoms with Gasteiger partial charge in [-0.3, -0.25) is 9.69 Å². The molecule has 6 nitrogen and oxygen atoms in total. The van der Waals surface area contributed by atoms with Gasteiger partial charge in [0.2, 0.25) is 0 Å². The average Bonchev–Trinajstić information content (AvgIpc) is 2.98. The summed E-state index contributed by atoms with van der Waals surface area (Å²) in [6, 6.07) is 10.3. The number of fused-ring (bicyclic) bond motifs is 1. The van der Waals surface area contributed by atoms with Crippen LogP contribution >= 0.6 is 11.3 Å². The molecule has 2 heterocycles. The van der Waals surface area contributed by atoms with Crippen LogP contribution in [-0.4, -0.2) is 35.0 Å². The first kappa shape index (κ1) is 18.3. The highest BCUT2D eigenvalue weighted by Gasteiger charge is 2.20. The number of carbonyl (C=O) groups excluding carboxylic acids is 1. The Bertz CT molecular complexity index is 994. The fraction of sp³-hybridized carbons (Fsp3) is 0.316. The summed E-state index contributed by atoms with van der Waals surface area (Å²) >= 11 is 1.19. The molecule has 0 aliphatic carbocycles. The Morgan fingerprint density at radius 1 is 1.35 bits per heavy atom. The summed E-state index contributed by atoms with van der Waals surface area (Å²) in [4.78, 5) is 34.9. The number of rotatable bonds is 5. The Hall–Kier alpha value is -2.51. The molecule has 0 fully saturated rings. The standard InChI is InChI=1S/C19H21N3O3S/c1-11-15-17(23)20-14(21-18(15)26-16(11)19(24)25-4)10-22(3)12(2)13-8-6-5-7-9-13/h5-9,12H,10H2,1-4H3,(H,20,21,23). The normalized spacial score (nSPS) is 12.5. The van der Waals surface area contributed by atoms with Gasteiger partial charge in [0.1, 0.15) is 15.5 Å². The van der Waals surface area contributed by atoms with E-state index in [1.54, 1.807) is 6.92 Å². The van der Waals surface area contributed by atoms with Crippen LogP contribution in [0.3, 0.4) is 0 Å². The largest absolute Gasteiger partial charge is 0.465 e. The Morgan fingerprint density at radius 2 is 2.04 bits per heavy atom. The number of methoxy groups -OCH3 is 1. The van der Waals surface area contributed by atoms with E-state index in [-0.39, 0.29) is 11.6 Å². The number of aromatic amines is 1. The van der Waals surface area contributed by atoms with Crippen molar-refractivity contribution in [2.24, 2.45) is 0 Å². The lowest BCUT2D eigenvalue weighted by Gasteiger charge is -2.24. The van der Waals surface area contributed by atoms with Gasteiger partial charge in [0.05, 0.1) is 19.0 Å². The Labute approximate surface area is 155 Å². The van der Waals surface area contributed by atoms with Gasteiger partial charge in [-0.25, -0.2) is 9.78 Å². The molecule has 0 aliphatic rings. The van der Waals surface area contributed by atoms with Crippen LogP contribution < -0.4 is 5.56 Å². The number of nitrogens with one attached hydrogen (secondary N) is 1. The van der Waals surface area contributed by atoms with E-state index in [0.717, 1.165) is 0 Å². The van der Waals surface area contributed by atoms with Gasteiger partial charge < -0.3 is 9.72 Å². The zero-order valence-corrected chi connectivity index (χ0v) is 16.0. The number of nitrogens with zero attached hydrogens (tertiary/aromatic N) is 2. The van der Waals surface area contributed by atoms with Gasteiger partial charge in [0.25, 0.3) is 5.56 Å². The second-order valence-electron chi connectivity index (χ2n) is 6.24. The van der Waals surface area contributed by atoms with Crippen molar-refractivity contribution in [2.75, 3.05) is 14.2 Å². The molecule has 1 N–H and O–H groups in total. The van der Waals surface area contributed by atoms with E-state index in [4.69, 9.17) is 4.74 Å². The number of aryl methyl sites for hydroxylation is 1. The summed E-state index contributed by atoms with van der Waals surface area (Å²) in [5.74, 6) is 0.131. The predicted octanol–water partition coefficient (Wildman–Crippen LogP) is 3.27. The van der Waals surface area contributed by atoms with Gasteiger partial charge in [0, 0.05) is 6.04 Å². The molecule has 1 unspecified atom stereocenters. The summed E-state index contributed by atoms with van der Waals surface area (Å²) in [5, 5.41) is 0.456. The third kappa shape index (κ3) is 3.40. The van der Waals surface area contributed by atoms with E-state index in [9.17, 15) is 9.59 Å². The highest BCUT2D eigenvalue weighted by molar-refractivity contribution is 7.20. The number of benzene rings is 1. The maximum absolute atomic E-state index is 12.5. The molecule has 136 valence electrons. The highest BCUT2D eigenvalue weighted by atomic mass is 32.1. The van der Waals surface area contributed by atoms with Crippen molar-refractivity contribution in [3.05, 3.63) is 62.5 Å². The van der Waals surface area contributed by atoms with Crippen LogP contribution in [-0.2, 0) is 11.3 Å². The monoisotopic (exact) mass is 371 g/mol. The lowest BCUT2D eigenvalue weighted by Crippen LogP contribution is -2.24. The Kier molecular flexibility index (Phi) is 5.20. The summed E-state index contributed by atoms with van der Waals surface area (Å²) < 4.78 is 4.78. The molecular formula is C19H21N3O3S. The molecule has 3 rings (SSSR count). The van der Waals surface area contributed by atoms with Crippen molar-refractivity contribution in [3.8, 4) is 0 Å². The van der Waals surface area contributed by atoms with Crippen LogP contribution in [0.2, 0.25) is 0 Å². The molecule has 0 aliphatic heterocycles. The number of aromatic nitrogens is 2. The van der Waals surface area contributed by atoms with E-state index in [1.165, 1.54) is 24.0 Å². The number of esters is 1. The fourth-order valence-corrected chi connectivity index (χ4v) is 4.03. The second-order valence-corrected chi connectivity index (χ2v) is 7.24. The van der Waals surface area contributed by atoms with Crippen molar-refractivity contribution in [3.63, 3.8) is 0 Å². The van der Waals surface area contributed by atoms with Gasteiger partial charge in [0.15, 0.2) is 0 Å². The summed E-state index contributed by atoms with van der Waals surface area (Å²) in [5.41, 5.74) is 1.58. The molecular weight excluding hydrogens is 350 g/mol. The average molecular weight is 371 g/mol. The van der Waals surface area contributed by atoms with Crippen LogP contribution in [0, 0.1) is 6.92 Å². The van der Waals surface area contributed by atoms with Crippen LogP contribution in [0.1, 0.15) is 39.6 Å². The molecule has 2 aromatic heterocycles. The number of ether oxygens (including phenoxy) is 1. The first-order chi connectivity index (χ1) is 12.4. The lowest BCUT2D eigenvalue weighted by molar-refractivity contribution is 0.0605. The molecule has 1 aromatic carbocycles. The number of thiophene rings is 1. The minimum atomic E-state index is -0.443. The van der Waals surface area contributed by atoms with Crippen LogP contribution in [0.25, 0.3) is 10.2 Å². The quantitative estimate of drug-likeness (QED) is 0.697. The third-order valence-electron chi connectivity index (χ3n) is 4.56. The van der Waals surface area contributed by atoms with Crippen LogP contribution in [0.15, 0.2) is 35.1 Å². The number of hydrogen-bond donors (Lipinski definition) is 1. The maximum atomic E-state index is 12.5. The lowest BCUT2D eigenvalue weighted by atomic mass is 10.1. The van der Waals surface area contributed by atoms with Gasteiger partial charge in [-0.15, -0.1) is 11.3 Å². The SMILES string of the molecule is COC(=O)c1sc2nc(CN(C)C(C)c3ccccc3)[nH]c(=O)c2c1C. The molecule has 3 aromatic rings. The zero-order valence-electron chi connectivity index (χ0n) is 15.2. The van der Waals surface area contributed by atoms with Gasteiger partial charge >= 0.3 is 5.97 Å². The maximum Gasteiger partial charge on any atom is 0.348 e. The molecule has 7 heteroatoms. The van der Waals surface area contributed by atoms with E-state index in [0.29, 0.717) is 33.0 Å². The third-order valence-corrected chi connectivity index (χ3v) is 5.73. The molecule has 1 atom stereocenters. The number of carbonyl (C=O) groups is 1.